The van der Waals surface area contributed by atoms with E-state index < -0.39 is 0 Å². The number of pyridine rings is 1. The molecular weight excluding hydrogens is 286 g/mol. The van der Waals surface area contributed by atoms with E-state index in [0.717, 1.165) is 4.47 Å². The summed E-state index contributed by atoms with van der Waals surface area (Å²) in [6.07, 6.45) is 1.62. The van der Waals surface area contributed by atoms with Crippen LogP contribution in [-0.2, 0) is 0 Å². The van der Waals surface area contributed by atoms with E-state index in [0.29, 0.717) is 11.4 Å². The minimum Gasteiger partial charge on any atom is -0.394 e. The first-order valence-corrected chi connectivity index (χ1v) is 6.01. The molecule has 6 heteroatoms. The second-order valence-corrected chi connectivity index (χ2v) is 4.66. The Balaban J connectivity index is 3.06. The molecule has 0 radical (unpaired) electrons. The molecule has 1 heterocycles. The fourth-order valence-corrected chi connectivity index (χ4v) is 1.65. The van der Waals surface area contributed by atoms with Crippen molar-refractivity contribution in [3.8, 4) is 0 Å². The molecule has 0 aliphatic carbocycles. The van der Waals surface area contributed by atoms with Crippen molar-refractivity contribution in [2.24, 2.45) is 0 Å². The Morgan fingerprint density at radius 1 is 1.71 bits per heavy atom. The summed E-state index contributed by atoms with van der Waals surface area (Å²) in [5.41, 5.74) is 0.477. The first-order chi connectivity index (χ1) is 8.01. The van der Waals surface area contributed by atoms with E-state index in [1.807, 2.05) is 0 Å². The van der Waals surface area contributed by atoms with Gasteiger partial charge < -0.3 is 15.3 Å². The maximum absolute atomic E-state index is 12.2. The predicted octanol–water partition coefficient (Wildman–Crippen LogP) is 1.34. The Kier molecular flexibility index (Phi) is 4.89. The van der Waals surface area contributed by atoms with Gasteiger partial charge in [0.25, 0.3) is 5.91 Å². The lowest BCUT2D eigenvalue weighted by Gasteiger charge is -2.24. The van der Waals surface area contributed by atoms with Crippen molar-refractivity contribution in [1.82, 2.24) is 9.88 Å². The van der Waals surface area contributed by atoms with Crippen LogP contribution in [0.4, 0.5) is 5.82 Å². The molecule has 1 atom stereocenters. The van der Waals surface area contributed by atoms with Crippen LogP contribution in [0.3, 0.4) is 0 Å². The average Bonchev–Trinajstić information content (AvgIpc) is 2.35. The molecule has 0 saturated heterocycles. The highest BCUT2D eigenvalue weighted by molar-refractivity contribution is 9.10. The number of hydrogen-bond donors (Lipinski definition) is 2. The van der Waals surface area contributed by atoms with Gasteiger partial charge in [0.1, 0.15) is 5.82 Å². The van der Waals surface area contributed by atoms with Crippen LogP contribution in [0.1, 0.15) is 17.3 Å². The molecule has 5 nitrogen and oxygen atoms in total. The predicted molar refractivity (Wildman–Crippen MR) is 70.1 cm³/mol. The van der Waals surface area contributed by atoms with E-state index in [4.69, 9.17) is 5.11 Å². The van der Waals surface area contributed by atoms with Gasteiger partial charge in [-0.15, -0.1) is 0 Å². The minimum atomic E-state index is -0.230. The number of anilines is 1. The van der Waals surface area contributed by atoms with Crippen LogP contribution in [0.25, 0.3) is 0 Å². The number of likely N-dealkylation sites (N-methyl/N-ethyl adjacent to an activating group) is 1. The molecule has 0 aliphatic heterocycles. The maximum Gasteiger partial charge on any atom is 0.257 e. The molecule has 0 aromatic carbocycles. The SMILES string of the molecule is CNc1ncc(Br)cc1C(=O)N(C)C(C)CO. The summed E-state index contributed by atoms with van der Waals surface area (Å²) in [5.74, 6) is 0.347. The van der Waals surface area contributed by atoms with Crippen LogP contribution in [0.15, 0.2) is 16.7 Å². The summed E-state index contributed by atoms with van der Waals surface area (Å²) in [6, 6.07) is 1.48. The highest BCUT2D eigenvalue weighted by Crippen LogP contribution is 2.19. The molecule has 0 saturated carbocycles. The fraction of sp³-hybridized carbons (Fsp3) is 0.455. The van der Waals surface area contributed by atoms with Crippen molar-refractivity contribution in [2.75, 3.05) is 26.0 Å². The molecule has 0 spiro atoms. The number of amides is 1. The number of carbonyl (C=O) groups excluding carboxylic acids is 1. The van der Waals surface area contributed by atoms with Gasteiger partial charge in [0.15, 0.2) is 0 Å². The van der Waals surface area contributed by atoms with Crippen molar-refractivity contribution in [2.45, 2.75) is 13.0 Å². The van der Waals surface area contributed by atoms with E-state index >= 15 is 0 Å². The summed E-state index contributed by atoms with van der Waals surface area (Å²) in [7, 11) is 3.37. The van der Waals surface area contributed by atoms with Crippen molar-refractivity contribution in [3.05, 3.63) is 22.3 Å². The van der Waals surface area contributed by atoms with Crippen LogP contribution >= 0.6 is 15.9 Å². The van der Waals surface area contributed by atoms with Crippen LogP contribution in [0, 0.1) is 0 Å². The first-order valence-electron chi connectivity index (χ1n) is 5.22. The van der Waals surface area contributed by atoms with Gasteiger partial charge in [-0.3, -0.25) is 4.79 Å². The first kappa shape index (κ1) is 13.9. The van der Waals surface area contributed by atoms with Crippen LogP contribution in [0.5, 0.6) is 0 Å². The molecule has 1 aromatic rings. The average molecular weight is 302 g/mol. The van der Waals surface area contributed by atoms with E-state index in [-0.39, 0.29) is 18.6 Å². The number of nitrogens with one attached hydrogen (secondary N) is 1. The van der Waals surface area contributed by atoms with Gasteiger partial charge in [-0.1, -0.05) is 0 Å². The zero-order chi connectivity index (χ0) is 13.0. The highest BCUT2D eigenvalue weighted by Gasteiger charge is 2.20. The smallest absolute Gasteiger partial charge is 0.257 e. The molecule has 2 N–H and O–H groups in total. The largest absolute Gasteiger partial charge is 0.394 e. The summed E-state index contributed by atoms with van der Waals surface area (Å²) in [4.78, 5) is 17.8. The van der Waals surface area contributed by atoms with Gasteiger partial charge in [0.2, 0.25) is 0 Å². The number of nitrogens with zero attached hydrogens (tertiary/aromatic N) is 2. The van der Waals surface area contributed by atoms with Crippen molar-refractivity contribution < 1.29 is 9.90 Å². The maximum atomic E-state index is 12.2. The topological polar surface area (TPSA) is 65.5 Å². The van der Waals surface area contributed by atoms with Gasteiger partial charge in [-0.05, 0) is 28.9 Å². The van der Waals surface area contributed by atoms with Crippen LogP contribution in [0.2, 0.25) is 0 Å². The minimum absolute atomic E-state index is 0.0709. The molecular formula is C11H16BrN3O2. The number of rotatable bonds is 4. The zero-order valence-corrected chi connectivity index (χ0v) is 11.7. The molecule has 17 heavy (non-hydrogen) atoms. The Labute approximate surface area is 109 Å². The van der Waals surface area contributed by atoms with Gasteiger partial charge in [-0.2, -0.15) is 0 Å². The Bertz CT molecular complexity index is 412. The van der Waals surface area contributed by atoms with Gasteiger partial charge in [-0.25, -0.2) is 4.98 Å². The third-order valence-electron chi connectivity index (χ3n) is 2.57. The number of carbonyl (C=O) groups is 1. The molecule has 1 unspecified atom stereocenters. The molecule has 0 bridgehead atoms. The molecule has 1 rings (SSSR count). The Hall–Kier alpha value is -1.14. The number of hydrogen-bond acceptors (Lipinski definition) is 4. The summed E-state index contributed by atoms with van der Waals surface area (Å²) < 4.78 is 0.741. The fourth-order valence-electron chi connectivity index (χ4n) is 1.31. The van der Waals surface area contributed by atoms with Gasteiger partial charge >= 0.3 is 0 Å². The quantitative estimate of drug-likeness (QED) is 0.881. The van der Waals surface area contributed by atoms with Crippen LogP contribution in [-0.4, -0.2) is 47.6 Å². The molecule has 0 fully saturated rings. The summed E-state index contributed by atoms with van der Waals surface area (Å²) >= 11 is 3.29. The van der Waals surface area contributed by atoms with E-state index in [1.54, 1.807) is 33.3 Å². The number of aliphatic hydroxyl groups is 1. The lowest BCUT2D eigenvalue weighted by molar-refractivity contribution is 0.0682. The second-order valence-electron chi connectivity index (χ2n) is 3.75. The Morgan fingerprint density at radius 2 is 2.35 bits per heavy atom. The van der Waals surface area contributed by atoms with Crippen molar-refractivity contribution >= 4 is 27.7 Å². The molecule has 0 aliphatic rings. The second kappa shape index (κ2) is 5.97. The molecule has 94 valence electrons. The Morgan fingerprint density at radius 3 is 2.88 bits per heavy atom. The standard InChI is InChI=1S/C11H16BrN3O2/c1-7(6-16)15(3)11(17)9-4-8(12)5-14-10(9)13-2/h4-5,7,16H,6H2,1-3H3,(H,13,14). The third-order valence-corrected chi connectivity index (χ3v) is 3.00. The summed E-state index contributed by atoms with van der Waals surface area (Å²) in [6.45, 7) is 1.71. The van der Waals surface area contributed by atoms with Crippen molar-refractivity contribution in [1.29, 1.82) is 0 Å². The summed E-state index contributed by atoms with van der Waals surface area (Å²) in [5, 5.41) is 11.9. The van der Waals surface area contributed by atoms with Crippen LogP contribution < -0.4 is 5.32 Å². The van der Waals surface area contributed by atoms with Gasteiger partial charge in [0, 0.05) is 24.8 Å². The lowest BCUT2D eigenvalue weighted by atomic mass is 10.2. The lowest BCUT2D eigenvalue weighted by Crippen LogP contribution is -2.37. The van der Waals surface area contributed by atoms with E-state index in [1.165, 1.54) is 4.90 Å². The van der Waals surface area contributed by atoms with Crippen molar-refractivity contribution in [3.63, 3.8) is 0 Å². The normalized spacial score (nSPS) is 12.1. The third kappa shape index (κ3) is 3.17. The van der Waals surface area contributed by atoms with E-state index in [2.05, 4.69) is 26.2 Å². The molecule has 1 amide bonds. The van der Waals surface area contributed by atoms with Gasteiger partial charge in [0.05, 0.1) is 18.2 Å². The molecule has 1 aromatic heterocycles. The highest BCUT2D eigenvalue weighted by atomic mass is 79.9. The van der Waals surface area contributed by atoms with E-state index in [9.17, 15) is 4.79 Å². The number of aliphatic hydroxyl groups excluding tert-OH is 1. The number of halogens is 1. The zero-order valence-electron chi connectivity index (χ0n) is 10.1. The monoisotopic (exact) mass is 301 g/mol. The number of aromatic nitrogens is 1.